The van der Waals surface area contributed by atoms with Crippen molar-refractivity contribution in [2.45, 2.75) is 32.2 Å². The summed E-state index contributed by atoms with van der Waals surface area (Å²) in [4.78, 5) is 13.1. The van der Waals surface area contributed by atoms with Gasteiger partial charge in [0, 0.05) is 24.0 Å². The molecule has 1 N–H and O–H groups in total. The molecular formula is C23H27Cl3N4O2. The van der Waals surface area contributed by atoms with Crippen LogP contribution in [0, 0.1) is 5.92 Å². The van der Waals surface area contributed by atoms with Crippen molar-refractivity contribution in [3.05, 3.63) is 58.1 Å². The van der Waals surface area contributed by atoms with Gasteiger partial charge in [-0.1, -0.05) is 48.7 Å². The Morgan fingerprint density at radius 3 is 2.41 bits per heavy atom. The molecule has 1 amide bonds. The Morgan fingerprint density at radius 2 is 1.78 bits per heavy atom. The fraction of sp³-hybridized carbons (Fsp3) is 0.391. The number of piperidine rings is 1. The van der Waals surface area contributed by atoms with Gasteiger partial charge in [0.1, 0.15) is 11.5 Å². The van der Waals surface area contributed by atoms with Gasteiger partial charge in [-0.3, -0.25) is 15.2 Å². The Morgan fingerprint density at radius 1 is 1.09 bits per heavy atom. The minimum Gasteiger partial charge on any atom is -0.497 e. The standard InChI is InChI=1S/C23H26Cl2N4O2.ClH/c1-15-21(23(30)27-28-12-4-3-5-13-28)26-29(20-11-8-17(24)14-19(20)25)22(15)16-6-9-18(31-2)10-7-16;/h6-11,14-15,22H,3-5,12-13H2,1-2H3,(H,27,30);1H/t15-,22+;/m0./s1. The number of hydrogen-bond donors (Lipinski definition) is 1. The van der Waals surface area contributed by atoms with Gasteiger partial charge in [0.2, 0.25) is 0 Å². The third kappa shape index (κ3) is 5.15. The first-order valence-electron chi connectivity index (χ1n) is 10.5. The number of methoxy groups -OCH3 is 1. The number of nitrogens with zero attached hydrogens (tertiary/aromatic N) is 3. The van der Waals surface area contributed by atoms with Crippen molar-refractivity contribution >= 4 is 52.9 Å². The van der Waals surface area contributed by atoms with Gasteiger partial charge >= 0.3 is 0 Å². The second-order valence-electron chi connectivity index (χ2n) is 7.92. The summed E-state index contributed by atoms with van der Waals surface area (Å²) in [5, 5.41) is 9.60. The summed E-state index contributed by atoms with van der Waals surface area (Å²) < 4.78 is 5.30. The van der Waals surface area contributed by atoms with Crippen molar-refractivity contribution < 1.29 is 9.53 Å². The van der Waals surface area contributed by atoms with E-state index in [1.54, 1.807) is 19.2 Å². The number of carbonyl (C=O) groups excluding carboxylic acids is 1. The molecule has 0 aromatic heterocycles. The number of benzene rings is 2. The fourth-order valence-electron chi connectivity index (χ4n) is 4.19. The van der Waals surface area contributed by atoms with Crippen molar-refractivity contribution in [3.63, 3.8) is 0 Å². The zero-order chi connectivity index (χ0) is 22.0. The number of amides is 1. The van der Waals surface area contributed by atoms with Crippen LogP contribution in [0.5, 0.6) is 5.75 Å². The lowest BCUT2D eigenvalue weighted by Crippen LogP contribution is -2.48. The van der Waals surface area contributed by atoms with Gasteiger partial charge in [-0.15, -0.1) is 12.4 Å². The molecule has 1 fully saturated rings. The predicted molar refractivity (Wildman–Crippen MR) is 132 cm³/mol. The lowest BCUT2D eigenvalue weighted by molar-refractivity contribution is -0.120. The van der Waals surface area contributed by atoms with E-state index in [4.69, 9.17) is 33.0 Å². The average Bonchev–Trinajstić information content (AvgIpc) is 3.11. The molecule has 2 aliphatic rings. The fourth-order valence-corrected chi connectivity index (χ4v) is 4.69. The number of anilines is 1. The van der Waals surface area contributed by atoms with E-state index in [1.165, 1.54) is 6.42 Å². The number of ether oxygens (including phenoxy) is 1. The number of hydrazone groups is 1. The van der Waals surface area contributed by atoms with Gasteiger partial charge in [0.15, 0.2) is 0 Å². The molecule has 2 aliphatic heterocycles. The third-order valence-corrected chi connectivity index (χ3v) is 6.38. The molecule has 0 spiro atoms. The summed E-state index contributed by atoms with van der Waals surface area (Å²) in [6.45, 7) is 3.75. The number of nitrogens with one attached hydrogen (secondary N) is 1. The van der Waals surface area contributed by atoms with Crippen LogP contribution in [0.25, 0.3) is 0 Å². The number of hydrogen-bond acceptors (Lipinski definition) is 5. The number of rotatable bonds is 5. The van der Waals surface area contributed by atoms with E-state index in [2.05, 4.69) is 5.43 Å². The molecule has 0 saturated carbocycles. The molecule has 2 heterocycles. The van der Waals surface area contributed by atoms with Crippen molar-refractivity contribution in [1.29, 1.82) is 0 Å². The van der Waals surface area contributed by atoms with Crippen LogP contribution in [0.1, 0.15) is 37.8 Å². The number of hydrazine groups is 1. The molecule has 1 saturated heterocycles. The van der Waals surface area contributed by atoms with Crippen LogP contribution >= 0.6 is 35.6 Å². The molecular weight excluding hydrogens is 471 g/mol. The minimum atomic E-state index is -0.188. The number of halogens is 3. The Hall–Kier alpha value is -1.99. The normalized spacial score (nSPS) is 21.0. The molecule has 4 rings (SSSR count). The van der Waals surface area contributed by atoms with Crippen LogP contribution in [0.4, 0.5) is 5.69 Å². The quantitative estimate of drug-likeness (QED) is 0.593. The maximum absolute atomic E-state index is 13.1. The smallest absolute Gasteiger partial charge is 0.282 e. The zero-order valence-corrected chi connectivity index (χ0v) is 20.4. The van der Waals surface area contributed by atoms with Crippen molar-refractivity contribution in [2.24, 2.45) is 11.0 Å². The lowest BCUT2D eigenvalue weighted by Gasteiger charge is -2.28. The van der Waals surface area contributed by atoms with E-state index in [0.717, 1.165) is 37.2 Å². The predicted octanol–water partition coefficient (Wildman–Crippen LogP) is 5.49. The molecule has 6 nitrogen and oxygen atoms in total. The van der Waals surface area contributed by atoms with Crippen molar-refractivity contribution in [1.82, 2.24) is 10.4 Å². The SMILES string of the molecule is COc1ccc([C@H]2[C@@H](C)C(C(=O)NN3CCCCC3)=NN2c2ccc(Cl)cc2Cl)cc1.Cl. The Balaban J connectivity index is 0.00000289. The second kappa shape index (κ2) is 10.8. The summed E-state index contributed by atoms with van der Waals surface area (Å²) in [5.41, 5.74) is 5.25. The second-order valence-corrected chi connectivity index (χ2v) is 8.76. The topological polar surface area (TPSA) is 57.2 Å². The van der Waals surface area contributed by atoms with Crippen LogP contribution in [0.15, 0.2) is 47.6 Å². The molecule has 0 aliphatic carbocycles. The third-order valence-electron chi connectivity index (χ3n) is 5.85. The maximum Gasteiger partial charge on any atom is 0.282 e. The van der Waals surface area contributed by atoms with Crippen LogP contribution in [0.2, 0.25) is 10.0 Å². The maximum atomic E-state index is 13.1. The summed E-state index contributed by atoms with van der Waals surface area (Å²) >= 11 is 12.6. The Labute approximate surface area is 204 Å². The van der Waals surface area contributed by atoms with Gasteiger partial charge < -0.3 is 4.74 Å². The highest BCUT2D eigenvalue weighted by atomic mass is 35.5. The van der Waals surface area contributed by atoms with Crippen LogP contribution in [-0.4, -0.2) is 36.8 Å². The number of carbonyl (C=O) groups is 1. The average molecular weight is 498 g/mol. The molecule has 2 atom stereocenters. The lowest BCUT2D eigenvalue weighted by atomic mass is 9.91. The first-order valence-corrected chi connectivity index (χ1v) is 11.3. The summed E-state index contributed by atoms with van der Waals surface area (Å²) in [7, 11) is 1.64. The monoisotopic (exact) mass is 496 g/mol. The van der Waals surface area contributed by atoms with Gasteiger partial charge in [-0.2, -0.15) is 5.10 Å². The molecule has 32 heavy (non-hydrogen) atoms. The van der Waals surface area contributed by atoms with Crippen LogP contribution < -0.4 is 15.2 Å². The summed E-state index contributed by atoms with van der Waals surface area (Å²) in [6.07, 6.45) is 3.37. The highest BCUT2D eigenvalue weighted by Crippen LogP contribution is 2.42. The van der Waals surface area contributed by atoms with Gasteiger partial charge in [0.25, 0.3) is 5.91 Å². The molecule has 172 valence electrons. The van der Waals surface area contributed by atoms with Crippen molar-refractivity contribution in [3.8, 4) is 5.75 Å². The first-order chi connectivity index (χ1) is 15.0. The van der Waals surface area contributed by atoms with E-state index in [-0.39, 0.29) is 30.3 Å². The van der Waals surface area contributed by atoms with E-state index >= 15 is 0 Å². The van der Waals surface area contributed by atoms with Gasteiger partial charge in [-0.05, 0) is 48.7 Å². The largest absolute Gasteiger partial charge is 0.497 e. The molecule has 2 aromatic carbocycles. The minimum absolute atomic E-state index is 0. The van der Waals surface area contributed by atoms with E-state index in [9.17, 15) is 4.79 Å². The highest BCUT2D eigenvalue weighted by Gasteiger charge is 2.40. The van der Waals surface area contributed by atoms with Crippen LogP contribution in [0.3, 0.4) is 0 Å². The van der Waals surface area contributed by atoms with E-state index < -0.39 is 0 Å². The Bertz CT molecular complexity index is 978. The molecule has 0 bridgehead atoms. The van der Waals surface area contributed by atoms with Gasteiger partial charge in [-0.25, -0.2) is 5.01 Å². The van der Waals surface area contributed by atoms with E-state index in [1.807, 2.05) is 47.3 Å². The molecule has 0 radical (unpaired) electrons. The van der Waals surface area contributed by atoms with Crippen molar-refractivity contribution in [2.75, 3.05) is 25.2 Å². The van der Waals surface area contributed by atoms with E-state index in [0.29, 0.717) is 21.4 Å². The Kier molecular flexibility index (Phi) is 8.28. The highest BCUT2D eigenvalue weighted by molar-refractivity contribution is 6.41. The first kappa shape index (κ1) is 24.6. The summed E-state index contributed by atoms with van der Waals surface area (Å²) in [5.74, 6) is 0.458. The van der Waals surface area contributed by atoms with Gasteiger partial charge in [0.05, 0.1) is 23.9 Å². The van der Waals surface area contributed by atoms with Crippen LogP contribution in [-0.2, 0) is 4.79 Å². The molecule has 2 aromatic rings. The molecule has 0 unspecified atom stereocenters. The zero-order valence-electron chi connectivity index (χ0n) is 18.1. The summed E-state index contributed by atoms with van der Waals surface area (Å²) in [6, 6.07) is 12.9. The molecule has 9 heteroatoms.